The van der Waals surface area contributed by atoms with Crippen LogP contribution in [0.25, 0.3) is 22.3 Å². The molecule has 0 aromatic heterocycles. The molecule has 0 nitrogen and oxygen atoms in total. The van der Waals surface area contributed by atoms with Gasteiger partial charge in [0.05, 0.1) is 0 Å². The molecule has 3 aromatic carbocycles. The number of rotatable bonds is 2. The second kappa shape index (κ2) is 5.78. The Bertz CT molecular complexity index is 719. The monoisotopic (exact) mass is 294 g/mol. The number of hydrogen-bond acceptors (Lipinski definition) is 2. The van der Waals surface area contributed by atoms with Crippen molar-refractivity contribution in [3.63, 3.8) is 0 Å². The lowest BCUT2D eigenvalue weighted by Crippen LogP contribution is -1.88. The molecule has 98 valence electrons. The van der Waals surface area contributed by atoms with E-state index in [9.17, 15) is 0 Å². The Balaban J connectivity index is 2.29. The molecule has 0 saturated carbocycles. The van der Waals surface area contributed by atoms with Gasteiger partial charge in [0.15, 0.2) is 0 Å². The fraction of sp³-hybridized carbons (Fsp3) is 0. The van der Waals surface area contributed by atoms with Gasteiger partial charge in [0.2, 0.25) is 0 Å². The van der Waals surface area contributed by atoms with Gasteiger partial charge in [0.25, 0.3) is 0 Å². The van der Waals surface area contributed by atoms with E-state index in [1.165, 1.54) is 11.1 Å². The Morgan fingerprint density at radius 1 is 0.550 bits per heavy atom. The van der Waals surface area contributed by atoms with Gasteiger partial charge in [-0.2, -0.15) is 0 Å². The van der Waals surface area contributed by atoms with Crippen LogP contribution >= 0.6 is 25.3 Å². The van der Waals surface area contributed by atoms with Gasteiger partial charge in [-0.1, -0.05) is 66.7 Å². The van der Waals surface area contributed by atoms with Crippen molar-refractivity contribution in [1.29, 1.82) is 0 Å². The van der Waals surface area contributed by atoms with E-state index in [0.29, 0.717) is 0 Å². The minimum absolute atomic E-state index is 0.895. The van der Waals surface area contributed by atoms with Crippen molar-refractivity contribution in [2.24, 2.45) is 0 Å². The van der Waals surface area contributed by atoms with E-state index < -0.39 is 0 Å². The first-order chi connectivity index (χ1) is 9.77. The maximum Gasteiger partial charge on any atom is 0.0259 e. The molecule has 3 rings (SSSR count). The summed E-state index contributed by atoms with van der Waals surface area (Å²) in [6.45, 7) is 0. The third kappa shape index (κ3) is 2.49. The van der Waals surface area contributed by atoms with Gasteiger partial charge in [-0.3, -0.25) is 0 Å². The smallest absolute Gasteiger partial charge is 0.0259 e. The van der Waals surface area contributed by atoms with E-state index in [1.54, 1.807) is 0 Å². The lowest BCUT2D eigenvalue weighted by molar-refractivity contribution is 1.27. The molecule has 0 spiro atoms. The molecule has 0 fully saturated rings. The van der Waals surface area contributed by atoms with Crippen molar-refractivity contribution in [2.45, 2.75) is 9.79 Å². The summed E-state index contributed by atoms with van der Waals surface area (Å²) in [6.07, 6.45) is 0. The summed E-state index contributed by atoms with van der Waals surface area (Å²) in [7, 11) is 0. The molecular weight excluding hydrogens is 280 g/mol. The van der Waals surface area contributed by atoms with Crippen molar-refractivity contribution >= 4 is 25.3 Å². The molecule has 0 amide bonds. The first-order valence-corrected chi connectivity index (χ1v) is 7.32. The normalized spacial score (nSPS) is 10.5. The summed E-state index contributed by atoms with van der Waals surface area (Å²) in [4.78, 5) is 1.81. The maximum atomic E-state index is 4.67. The van der Waals surface area contributed by atoms with E-state index in [1.807, 2.05) is 30.3 Å². The zero-order valence-electron chi connectivity index (χ0n) is 10.8. The Morgan fingerprint density at radius 2 is 1.10 bits per heavy atom. The molecule has 2 heteroatoms. The highest BCUT2D eigenvalue weighted by molar-refractivity contribution is 7.83. The summed E-state index contributed by atoms with van der Waals surface area (Å²) >= 11 is 9.17. The summed E-state index contributed by atoms with van der Waals surface area (Å²) < 4.78 is 0. The first-order valence-electron chi connectivity index (χ1n) is 6.43. The van der Waals surface area contributed by atoms with Gasteiger partial charge >= 0.3 is 0 Å². The molecule has 0 heterocycles. The standard InChI is InChI=1S/C18H14S2/c19-16-12-11-15(13-7-3-1-4-8-13)17(18(16)20)14-9-5-2-6-10-14/h1-12,19-20H. The third-order valence-corrected chi connectivity index (χ3v) is 4.32. The average Bonchev–Trinajstić information content (AvgIpc) is 2.51. The van der Waals surface area contributed by atoms with E-state index in [4.69, 9.17) is 0 Å². The van der Waals surface area contributed by atoms with Crippen LogP contribution in [0.1, 0.15) is 0 Å². The molecule has 0 bridgehead atoms. The minimum Gasteiger partial charge on any atom is -0.142 e. The molecule has 0 aliphatic heterocycles. The van der Waals surface area contributed by atoms with Crippen molar-refractivity contribution < 1.29 is 0 Å². The molecule has 0 N–H and O–H groups in total. The molecule has 0 radical (unpaired) electrons. The van der Waals surface area contributed by atoms with Crippen LogP contribution in [0.3, 0.4) is 0 Å². The van der Waals surface area contributed by atoms with Crippen LogP contribution in [-0.4, -0.2) is 0 Å². The molecule has 0 unspecified atom stereocenters. The molecule has 0 atom stereocenters. The van der Waals surface area contributed by atoms with Crippen LogP contribution in [0.4, 0.5) is 0 Å². The SMILES string of the molecule is Sc1ccc(-c2ccccc2)c(-c2ccccc2)c1S. The Morgan fingerprint density at radius 3 is 1.70 bits per heavy atom. The molecular formula is C18H14S2. The molecule has 3 aromatic rings. The predicted molar refractivity (Wildman–Crippen MR) is 91.8 cm³/mol. The highest BCUT2D eigenvalue weighted by Crippen LogP contribution is 2.39. The fourth-order valence-corrected chi connectivity index (χ4v) is 2.85. The molecule has 0 aliphatic rings. The minimum atomic E-state index is 0.895. The first kappa shape index (κ1) is 13.3. The van der Waals surface area contributed by atoms with Crippen LogP contribution in [-0.2, 0) is 0 Å². The van der Waals surface area contributed by atoms with E-state index >= 15 is 0 Å². The zero-order chi connectivity index (χ0) is 13.9. The van der Waals surface area contributed by atoms with Gasteiger partial charge in [-0.05, 0) is 22.8 Å². The van der Waals surface area contributed by atoms with Crippen LogP contribution in [0.2, 0.25) is 0 Å². The Labute approximate surface area is 130 Å². The average molecular weight is 294 g/mol. The van der Waals surface area contributed by atoms with Crippen molar-refractivity contribution in [3.05, 3.63) is 72.8 Å². The lowest BCUT2D eigenvalue weighted by Gasteiger charge is -2.14. The molecule has 0 aliphatic carbocycles. The van der Waals surface area contributed by atoms with E-state index in [0.717, 1.165) is 20.9 Å². The van der Waals surface area contributed by atoms with Gasteiger partial charge in [0.1, 0.15) is 0 Å². The van der Waals surface area contributed by atoms with E-state index in [2.05, 4.69) is 67.7 Å². The summed E-state index contributed by atoms with van der Waals surface area (Å²) in [5.41, 5.74) is 4.66. The largest absolute Gasteiger partial charge is 0.142 e. The Hall–Kier alpha value is -1.64. The summed E-state index contributed by atoms with van der Waals surface area (Å²) in [5.74, 6) is 0. The topological polar surface area (TPSA) is 0 Å². The van der Waals surface area contributed by atoms with Gasteiger partial charge in [-0.25, -0.2) is 0 Å². The van der Waals surface area contributed by atoms with Crippen LogP contribution in [0.15, 0.2) is 82.6 Å². The van der Waals surface area contributed by atoms with E-state index in [-0.39, 0.29) is 0 Å². The van der Waals surface area contributed by atoms with Crippen LogP contribution < -0.4 is 0 Å². The Kier molecular flexibility index (Phi) is 3.86. The highest BCUT2D eigenvalue weighted by Gasteiger charge is 2.12. The van der Waals surface area contributed by atoms with Crippen molar-refractivity contribution in [1.82, 2.24) is 0 Å². The van der Waals surface area contributed by atoms with Crippen LogP contribution in [0, 0.1) is 0 Å². The molecule has 0 saturated heterocycles. The zero-order valence-corrected chi connectivity index (χ0v) is 12.6. The van der Waals surface area contributed by atoms with Gasteiger partial charge < -0.3 is 0 Å². The molecule has 20 heavy (non-hydrogen) atoms. The second-order valence-electron chi connectivity index (χ2n) is 4.59. The van der Waals surface area contributed by atoms with Crippen molar-refractivity contribution in [2.75, 3.05) is 0 Å². The van der Waals surface area contributed by atoms with Crippen molar-refractivity contribution in [3.8, 4) is 22.3 Å². The van der Waals surface area contributed by atoms with Gasteiger partial charge in [0, 0.05) is 15.4 Å². The summed E-state index contributed by atoms with van der Waals surface area (Å²) in [6, 6.07) is 24.8. The lowest BCUT2D eigenvalue weighted by atomic mass is 9.94. The number of benzene rings is 3. The second-order valence-corrected chi connectivity index (χ2v) is 5.52. The predicted octanol–water partition coefficient (Wildman–Crippen LogP) is 5.60. The number of thiol groups is 2. The maximum absolute atomic E-state index is 4.67. The number of hydrogen-bond donors (Lipinski definition) is 2. The highest BCUT2D eigenvalue weighted by atomic mass is 32.1. The van der Waals surface area contributed by atoms with Gasteiger partial charge in [-0.15, -0.1) is 25.3 Å². The third-order valence-electron chi connectivity index (χ3n) is 3.30. The van der Waals surface area contributed by atoms with Crippen LogP contribution in [0.5, 0.6) is 0 Å². The fourth-order valence-electron chi connectivity index (χ4n) is 2.34. The summed E-state index contributed by atoms with van der Waals surface area (Å²) in [5, 5.41) is 0. The quantitative estimate of drug-likeness (QED) is 0.565.